The molecular weight excluding hydrogens is 297 g/mol. The molecule has 0 atom stereocenters. The van der Waals surface area contributed by atoms with Gasteiger partial charge in [-0.2, -0.15) is 13.2 Å². The zero-order chi connectivity index (χ0) is 15.9. The van der Waals surface area contributed by atoms with Crippen LogP contribution in [0, 0.1) is 0 Å². The summed E-state index contributed by atoms with van der Waals surface area (Å²) in [7, 11) is 0. The fourth-order valence-electron chi connectivity index (χ4n) is 2.25. The van der Waals surface area contributed by atoms with Gasteiger partial charge in [-0.3, -0.25) is 0 Å². The normalized spacial score (nSPS) is 11.8. The predicted octanol–water partition coefficient (Wildman–Crippen LogP) is 4.18. The summed E-state index contributed by atoms with van der Waals surface area (Å²) >= 11 is 0. The molecule has 1 N–H and O–H groups in total. The van der Waals surface area contributed by atoms with Gasteiger partial charge in [0.2, 0.25) is 0 Å². The average molecular weight is 306 g/mol. The third-order valence-electron chi connectivity index (χ3n) is 3.24. The molecule has 22 heavy (non-hydrogen) atoms. The van der Waals surface area contributed by atoms with Crippen LogP contribution >= 0.6 is 0 Å². The SMILES string of the molecule is O=c1oc2cc(O)ccc2cc1-c1ccccc1C(F)(F)F. The summed E-state index contributed by atoms with van der Waals surface area (Å²) < 4.78 is 44.2. The molecule has 0 amide bonds. The maximum Gasteiger partial charge on any atom is 0.417 e. The number of hydrogen-bond acceptors (Lipinski definition) is 3. The second-order valence-corrected chi connectivity index (χ2v) is 4.71. The molecule has 1 heterocycles. The molecule has 0 aliphatic rings. The Morgan fingerprint density at radius 1 is 0.955 bits per heavy atom. The number of phenolic OH excluding ortho intramolecular Hbond substituents is 1. The Balaban J connectivity index is 2.30. The van der Waals surface area contributed by atoms with Gasteiger partial charge in [0.05, 0.1) is 11.1 Å². The monoisotopic (exact) mass is 306 g/mol. The number of rotatable bonds is 1. The van der Waals surface area contributed by atoms with Gasteiger partial charge < -0.3 is 9.52 Å². The van der Waals surface area contributed by atoms with E-state index in [0.29, 0.717) is 5.39 Å². The van der Waals surface area contributed by atoms with E-state index in [0.717, 1.165) is 6.07 Å². The fourth-order valence-corrected chi connectivity index (χ4v) is 2.25. The van der Waals surface area contributed by atoms with Crippen LogP contribution in [0.4, 0.5) is 13.2 Å². The maximum absolute atomic E-state index is 13.1. The number of phenols is 1. The van der Waals surface area contributed by atoms with E-state index < -0.39 is 17.4 Å². The second-order valence-electron chi connectivity index (χ2n) is 4.71. The third-order valence-corrected chi connectivity index (χ3v) is 3.24. The summed E-state index contributed by atoms with van der Waals surface area (Å²) in [6, 6.07) is 10.2. The lowest BCUT2D eigenvalue weighted by molar-refractivity contribution is -0.137. The molecule has 6 heteroatoms. The van der Waals surface area contributed by atoms with E-state index in [2.05, 4.69) is 0 Å². The molecule has 2 aromatic carbocycles. The van der Waals surface area contributed by atoms with Gasteiger partial charge in [0, 0.05) is 17.0 Å². The van der Waals surface area contributed by atoms with Crippen LogP contribution in [0.1, 0.15) is 5.56 Å². The first-order valence-corrected chi connectivity index (χ1v) is 6.30. The van der Waals surface area contributed by atoms with Gasteiger partial charge in [0.15, 0.2) is 0 Å². The zero-order valence-electron chi connectivity index (χ0n) is 11.0. The molecule has 3 nitrogen and oxygen atoms in total. The van der Waals surface area contributed by atoms with Crippen LogP contribution in [-0.2, 0) is 6.18 Å². The zero-order valence-corrected chi connectivity index (χ0v) is 11.0. The van der Waals surface area contributed by atoms with Crippen molar-refractivity contribution in [3.05, 3.63) is 64.5 Å². The highest BCUT2D eigenvalue weighted by molar-refractivity contribution is 5.83. The van der Waals surface area contributed by atoms with E-state index in [9.17, 15) is 23.1 Å². The summed E-state index contributed by atoms with van der Waals surface area (Å²) in [6.45, 7) is 0. The highest BCUT2D eigenvalue weighted by Gasteiger charge is 2.34. The van der Waals surface area contributed by atoms with Crippen LogP contribution in [-0.4, -0.2) is 5.11 Å². The van der Waals surface area contributed by atoms with Crippen molar-refractivity contribution in [2.45, 2.75) is 6.18 Å². The molecule has 0 saturated carbocycles. The third kappa shape index (κ3) is 2.43. The van der Waals surface area contributed by atoms with Crippen LogP contribution in [0.5, 0.6) is 5.75 Å². The molecule has 0 bridgehead atoms. The Hall–Kier alpha value is -2.76. The van der Waals surface area contributed by atoms with Crippen molar-refractivity contribution in [1.29, 1.82) is 0 Å². The minimum Gasteiger partial charge on any atom is -0.508 e. The van der Waals surface area contributed by atoms with Crippen LogP contribution in [0.15, 0.2) is 57.7 Å². The van der Waals surface area contributed by atoms with E-state index in [1.54, 1.807) is 0 Å². The number of aromatic hydroxyl groups is 1. The Morgan fingerprint density at radius 3 is 2.41 bits per heavy atom. The quantitative estimate of drug-likeness (QED) is 0.686. The molecule has 3 rings (SSSR count). The van der Waals surface area contributed by atoms with E-state index in [-0.39, 0.29) is 22.5 Å². The Labute approximate surface area is 122 Å². The van der Waals surface area contributed by atoms with Crippen LogP contribution in [0.25, 0.3) is 22.1 Å². The number of hydrogen-bond donors (Lipinski definition) is 1. The van der Waals surface area contributed by atoms with Crippen molar-refractivity contribution in [3.8, 4) is 16.9 Å². The predicted molar refractivity (Wildman–Crippen MR) is 74.6 cm³/mol. The van der Waals surface area contributed by atoms with Crippen LogP contribution < -0.4 is 5.63 Å². The summed E-state index contributed by atoms with van der Waals surface area (Å²) in [6.07, 6.45) is -4.58. The molecule has 0 radical (unpaired) electrons. The number of benzene rings is 2. The number of alkyl halides is 3. The molecule has 0 spiro atoms. The summed E-state index contributed by atoms with van der Waals surface area (Å²) in [5.41, 5.74) is -2.10. The molecule has 0 fully saturated rings. The van der Waals surface area contributed by atoms with Gasteiger partial charge in [-0.15, -0.1) is 0 Å². The van der Waals surface area contributed by atoms with Gasteiger partial charge in [-0.25, -0.2) is 4.79 Å². The van der Waals surface area contributed by atoms with E-state index in [1.165, 1.54) is 42.5 Å². The van der Waals surface area contributed by atoms with Crippen molar-refractivity contribution < 1.29 is 22.7 Å². The van der Waals surface area contributed by atoms with Gasteiger partial charge in [-0.05, 0) is 24.3 Å². The van der Waals surface area contributed by atoms with E-state index in [1.807, 2.05) is 0 Å². The first kappa shape index (κ1) is 14.2. The molecule has 0 unspecified atom stereocenters. The van der Waals surface area contributed by atoms with Crippen molar-refractivity contribution in [2.75, 3.05) is 0 Å². The van der Waals surface area contributed by atoms with E-state index >= 15 is 0 Å². The standard InChI is InChI=1S/C16H9F3O3/c17-16(18,19)13-4-2-1-3-11(13)12-7-9-5-6-10(20)8-14(9)22-15(12)21/h1-8,20H. The van der Waals surface area contributed by atoms with Crippen LogP contribution in [0.2, 0.25) is 0 Å². The number of fused-ring (bicyclic) bond motifs is 1. The molecule has 0 saturated heterocycles. The van der Waals surface area contributed by atoms with Gasteiger partial charge in [0.1, 0.15) is 11.3 Å². The Bertz CT molecular complexity index is 910. The molecule has 112 valence electrons. The first-order valence-electron chi connectivity index (χ1n) is 6.30. The van der Waals surface area contributed by atoms with Crippen molar-refractivity contribution in [2.24, 2.45) is 0 Å². The topological polar surface area (TPSA) is 50.4 Å². The average Bonchev–Trinajstić information content (AvgIpc) is 2.45. The number of halogens is 3. The Morgan fingerprint density at radius 2 is 1.68 bits per heavy atom. The highest BCUT2D eigenvalue weighted by Crippen LogP contribution is 2.36. The second kappa shape index (κ2) is 4.91. The fraction of sp³-hybridized carbons (Fsp3) is 0.0625. The lowest BCUT2D eigenvalue weighted by Gasteiger charge is -2.12. The molecule has 1 aromatic heterocycles. The molecule has 3 aromatic rings. The maximum atomic E-state index is 13.1. The van der Waals surface area contributed by atoms with Crippen molar-refractivity contribution >= 4 is 11.0 Å². The summed E-state index contributed by atoms with van der Waals surface area (Å²) in [5.74, 6) is -0.0981. The van der Waals surface area contributed by atoms with Gasteiger partial charge in [-0.1, -0.05) is 18.2 Å². The lowest BCUT2D eigenvalue weighted by atomic mass is 10.00. The summed E-state index contributed by atoms with van der Waals surface area (Å²) in [5, 5.41) is 9.77. The highest BCUT2D eigenvalue weighted by atomic mass is 19.4. The largest absolute Gasteiger partial charge is 0.508 e. The molecular formula is C16H9F3O3. The van der Waals surface area contributed by atoms with Gasteiger partial charge >= 0.3 is 11.8 Å². The van der Waals surface area contributed by atoms with Crippen LogP contribution in [0.3, 0.4) is 0 Å². The summed E-state index contributed by atoms with van der Waals surface area (Å²) in [4.78, 5) is 12.0. The minimum absolute atomic E-state index is 0.0981. The molecule has 0 aliphatic carbocycles. The van der Waals surface area contributed by atoms with Crippen molar-refractivity contribution in [1.82, 2.24) is 0 Å². The molecule has 0 aliphatic heterocycles. The lowest BCUT2D eigenvalue weighted by Crippen LogP contribution is -2.10. The van der Waals surface area contributed by atoms with Gasteiger partial charge in [0.25, 0.3) is 0 Å². The van der Waals surface area contributed by atoms with Crippen molar-refractivity contribution in [3.63, 3.8) is 0 Å². The Kier molecular flexibility index (Phi) is 3.16. The van der Waals surface area contributed by atoms with E-state index in [4.69, 9.17) is 4.42 Å². The minimum atomic E-state index is -4.58. The first-order chi connectivity index (χ1) is 10.4. The smallest absolute Gasteiger partial charge is 0.417 e.